The van der Waals surface area contributed by atoms with E-state index in [9.17, 15) is 0 Å². The van der Waals surface area contributed by atoms with Gasteiger partial charge in [0.2, 0.25) is 5.75 Å². The number of nitrogens with zero attached hydrogens (tertiary/aromatic N) is 4. The van der Waals surface area contributed by atoms with Crippen LogP contribution < -0.4 is 20.9 Å². The number of hydrazine groups is 1. The smallest absolute Gasteiger partial charge is 0.205 e. The van der Waals surface area contributed by atoms with Crippen LogP contribution in [0, 0.1) is 0 Å². The summed E-state index contributed by atoms with van der Waals surface area (Å²) in [7, 11) is 7.89. The van der Waals surface area contributed by atoms with Crippen molar-refractivity contribution < 1.29 is 4.74 Å². The molecule has 0 amide bonds. The topological polar surface area (TPSA) is 79.5 Å². The summed E-state index contributed by atoms with van der Waals surface area (Å²) in [5.74, 6) is 7.29. The Morgan fingerprint density at radius 2 is 2.05 bits per heavy atom. The molecule has 1 aromatic heterocycles. The summed E-state index contributed by atoms with van der Waals surface area (Å²) in [5, 5.41) is 0. The molecule has 7 heteroatoms. The Morgan fingerprint density at radius 3 is 2.50 bits per heavy atom. The van der Waals surface area contributed by atoms with Crippen molar-refractivity contribution in [2.24, 2.45) is 5.84 Å². The van der Waals surface area contributed by atoms with E-state index in [1.165, 1.54) is 25.6 Å². The van der Waals surface area contributed by atoms with E-state index in [0.29, 0.717) is 11.6 Å². The standard InChI is InChI=1S/C13H24N6O/c1-18(2)13(6-5-7-13)8-19(3)12-10(20-4)11(17-14)15-9-16-12/h9H,5-8,14H2,1-4H3,(H,15,16,17). The minimum absolute atomic E-state index is 0.223. The quantitative estimate of drug-likeness (QED) is 0.586. The maximum atomic E-state index is 5.46. The second-order valence-electron chi connectivity index (χ2n) is 5.55. The minimum atomic E-state index is 0.223. The van der Waals surface area contributed by atoms with Gasteiger partial charge in [-0.05, 0) is 33.4 Å². The fourth-order valence-electron chi connectivity index (χ4n) is 2.78. The minimum Gasteiger partial charge on any atom is -0.490 e. The first-order valence-corrected chi connectivity index (χ1v) is 6.78. The number of nitrogen functional groups attached to an aromatic ring is 1. The predicted molar refractivity (Wildman–Crippen MR) is 79.9 cm³/mol. The molecular weight excluding hydrogens is 256 g/mol. The van der Waals surface area contributed by atoms with Crippen LogP contribution in [0.2, 0.25) is 0 Å². The van der Waals surface area contributed by atoms with Crippen LogP contribution in [0.1, 0.15) is 19.3 Å². The van der Waals surface area contributed by atoms with E-state index in [-0.39, 0.29) is 5.54 Å². The van der Waals surface area contributed by atoms with Crippen LogP contribution >= 0.6 is 0 Å². The van der Waals surface area contributed by atoms with Gasteiger partial charge in [-0.1, -0.05) is 0 Å². The largest absolute Gasteiger partial charge is 0.490 e. The molecule has 1 saturated carbocycles. The molecule has 1 aliphatic carbocycles. The summed E-state index contributed by atoms with van der Waals surface area (Å²) in [4.78, 5) is 12.8. The van der Waals surface area contributed by atoms with Gasteiger partial charge in [-0.2, -0.15) is 0 Å². The molecule has 0 saturated heterocycles. The zero-order chi connectivity index (χ0) is 14.8. The van der Waals surface area contributed by atoms with Gasteiger partial charge in [-0.25, -0.2) is 15.8 Å². The SMILES string of the molecule is COc1c(NN)ncnc1N(C)CC1(N(C)C)CCC1. The summed E-state index contributed by atoms with van der Waals surface area (Å²) in [6.07, 6.45) is 5.19. The molecule has 7 nitrogen and oxygen atoms in total. The van der Waals surface area contributed by atoms with Crippen LogP contribution in [0.4, 0.5) is 11.6 Å². The molecule has 0 bridgehead atoms. The molecule has 1 fully saturated rings. The molecule has 0 aromatic carbocycles. The second kappa shape index (κ2) is 5.80. The van der Waals surface area contributed by atoms with Crippen LogP contribution in [0.25, 0.3) is 0 Å². The molecular formula is C13H24N6O. The number of nitrogens with one attached hydrogen (secondary N) is 1. The maximum Gasteiger partial charge on any atom is 0.205 e. The average Bonchev–Trinajstić information content (AvgIpc) is 2.40. The lowest BCUT2D eigenvalue weighted by atomic mass is 9.75. The molecule has 1 heterocycles. The highest BCUT2D eigenvalue weighted by molar-refractivity contribution is 5.64. The van der Waals surface area contributed by atoms with Crippen LogP contribution in [0.15, 0.2) is 6.33 Å². The number of nitrogens with two attached hydrogens (primary N) is 1. The van der Waals surface area contributed by atoms with Gasteiger partial charge >= 0.3 is 0 Å². The van der Waals surface area contributed by atoms with Gasteiger partial charge in [-0.3, -0.25) is 0 Å². The molecule has 0 unspecified atom stereocenters. The van der Waals surface area contributed by atoms with Crippen molar-refractivity contribution in [1.29, 1.82) is 0 Å². The van der Waals surface area contributed by atoms with E-state index in [2.05, 4.69) is 39.3 Å². The number of likely N-dealkylation sites (N-methyl/N-ethyl adjacent to an activating group) is 2. The number of ether oxygens (including phenoxy) is 1. The molecule has 0 atom stereocenters. The third kappa shape index (κ3) is 2.51. The van der Waals surface area contributed by atoms with Crippen LogP contribution in [0.3, 0.4) is 0 Å². The first-order chi connectivity index (χ1) is 9.54. The highest BCUT2D eigenvalue weighted by Gasteiger charge is 2.40. The first-order valence-electron chi connectivity index (χ1n) is 6.78. The molecule has 1 aliphatic rings. The lowest BCUT2D eigenvalue weighted by Crippen LogP contribution is -2.56. The summed E-state index contributed by atoms with van der Waals surface area (Å²) < 4.78 is 5.39. The zero-order valence-electron chi connectivity index (χ0n) is 12.7. The van der Waals surface area contributed by atoms with E-state index in [1.807, 2.05) is 7.05 Å². The average molecular weight is 280 g/mol. The Morgan fingerprint density at radius 1 is 1.35 bits per heavy atom. The number of methoxy groups -OCH3 is 1. The van der Waals surface area contributed by atoms with E-state index in [4.69, 9.17) is 10.6 Å². The Kier molecular flexibility index (Phi) is 4.29. The molecule has 0 spiro atoms. The second-order valence-corrected chi connectivity index (χ2v) is 5.55. The van der Waals surface area contributed by atoms with Crippen molar-refractivity contribution >= 4 is 11.6 Å². The van der Waals surface area contributed by atoms with Gasteiger partial charge in [0.1, 0.15) is 6.33 Å². The van der Waals surface area contributed by atoms with Crippen molar-refractivity contribution in [2.75, 3.05) is 45.1 Å². The van der Waals surface area contributed by atoms with Gasteiger partial charge in [0.05, 0.1) is 7.11 Å². The van der Waals surface area contributed by atoms with E-state index < -0.39 is 0 Å². The number of hydrogen-bond acceptors (Lipinski definition) is 7. The molecule has 112 valence electrons. The fraction of sp³-hybridized carbons (Fsp3) is 0.692. The first kappa shape index (κ1) is 14.8. The Balaban J connectivity index is 2.23. The fourth-order valence-corrected chi connectivity index (χ4v) is 2.78. The summed E-state index contributed by atoms with van der Waals surface area (Å²) >= 11 is 0. The van der Waals surface area contributed by atoms with E-state index in [1.54, 1.807) is 7.11 Å². The summed E-state index contributed by atoms with van der Waals surface area (Å²) in [5.41, 5.74) is 2.77. The maximum absolute atomic E-state index is 5.46. The normalized spacial score (nSPS) is 16.7. The Labute approximate surface area is 120 Å². The lowest BCUT2D eigenvalue weighted by Gasteiger charge is -2.49. The van der Waals surface area contributed by atoms with Gasteiger partial charge in [0, 0.05) is 19.1 Å². The van der Waals surface area contributed by atoms with Crippen molar-refractivity contribution in [2.45, 2.75) is 24.8 Å². The molecule has 20 heavy (non-hydrogen) atoms. The zero-order valence-corrected chi connectivity index (χ0v) is 12.7. The van der Waals surface area contributed by atoms with Crippen LogP contribution in [-0.4, -0.2) is 55.2 Å². The highest BCUT2D eigenvalue weighted by Crippen LogP contribution is 2.39. The Bertz CT molecular complexity index is 460. The van der Waals surface area contributed by atoms with Gasteiger partial charge in [0.15, 0.2) is 11.6 Å². The van der Waals surface area contributed by atoms with Gasteiger partial charge in [0.25, 0.3) is 0 Å². The summed E-state index contributed by atoms with van der Waals surface area (Å²) in [6, 6.07) is 0. The number of anilines is 2. The monoisotopic (exact) mass is 280 g/mol. The summed E-state index contributed by atoms with van der Waals surface area (Å²) in [6.45, 7) is 0.900. The van der Waals surface area contributed by atoms with Crippen molar-refractivity contribution in [3.8, 4) is 5.75 Å². The molecule has 3 N–H and O–H groups in total. The van der Waals surface area contributed by atoms with Crippen molar-refractivity contribution in [3.05, 3.63) is 6.33 Å². The number of hydrogen-bond donors (Lipinski definition) is 2. The van der Waals surface area contributed by atoms with Crippen LogP contribution in [-0.2, 0) is 0 Å². The molecule has 0 radical (unpaired) electrons. The third-order valence-corrected chi connectivity index (χ3v) is 4.25. The third-order valence-electron chi connectivity index (χ3n) is 4.25. The lowest BCUT2D eigenvalue weighted by molar-refractivity contribution is 0.0681. The predicted octanol–water partition coefficient (Wildman–Crippen LogP) is 0.691. The number of rotatable bonds is 6. The number of aromatic nitrogens is 2. The van der Waals surface area contributed by atoms with Crippen molar-refractivity contribution in [3.63, 3.8) is 0 Å². The van der Waals surface area contributed by atoms with Crippen molar-refractivity contribution in [1.82, 2.24) is 14.9 Å². The van der Waals surface area contributed by atoms with Crippen LogP contribution in [0.5, 0.6) is 5.75 Å². The highest BCUT2D eigenvalue weighted by atomic mass is 16.5. The molecule has 1 aromatic rings. The van der Waals surface area contributed by atoms with E-state index in [0.717, 1.165) is 12.4 Å². The van der Waals surface area contributed by atoms with Gasteiger partial charge < -0.3 is 20.0 Å². The molecule has 0 aliphatic heterocycles. The van der Waals surface area contributed by atoms with Gasteiger partial charge in [-0.15, -0.1) is 0 Å². The molecule has 2 rings (SSSR count). The van der Waals surface area contributed by atoms with E-state index >= 15 is 0 Å². The Hall–Kier alpha value is -1.60.